The number of thioether (sulfide) groups is 1. The van der Waals surface area contributed by atoms with E-state index >= 15 is 0 Å². The minimum Gasteiger partial charge on any atom is -0.481 e. The number of rotatable bonds is 9. The van der Waals surface area contributed by atoms with Crippen LogP contribution in [0.4, 0.5) is 11.4 Å². The molecular weight excluding hydrogens is 633 g/mol. The number of aliphatic carboxylic acids is 1. The summed E-state index contributed by atoms with van der Waals surface area (Å²) in [5, 5.41) is 14.7. The van der Waals surface area contributed by atoms with Gasteiger partial charge in [0, 0.05) is 51.7 Å². The molecule has 0 radical (unpaired) electrons. The van der Waals surface area contributed by atoms with Crippen molar-refractivity contribution in [3.63, 3.8) is 0 Å². The molecule has 4 aromatic rings. The van der Waals surface area contributed by atoms with Crippen LogP contribution in [0, 0.1) is 0 Å². The zero-order chi connectivity index (χ0) is 35.2. The Morgan fingerprint density at radius 1 is 0.840 bits per heavy atom. The van der Waals surface area contributed by atoms with Gasteiger partial charge in [0.1, 0.15) is 6.54 Å². The van der Waals surface area contributed by atoms with Crippen LogP contribution in [-0.2, 0) is 15.6 Å². The summed E-state index contributed by atoms with van der Waals surface area (Å²) in [4.78, 5) is 15.3. The van der Waals surface area contributed by atoms with Gasteiger partial charge in [0.05, 0.1) is 11.8 Å². The molecule has 1 N–H and O–H groups in total. The summed E-state index contributed by atoms with van der Waals surface area (Å²) < 4.78 is 2.48. The first-order valence-electron chi connectivity index (χ1n) is 18.2. The summed E-state index contributed by atoms with van der Waals surface area (Å²) in [5.74, 6) is -0.192. The Morgan fingerprint density at radius 3 is 2.20 bits per heavy atom. The fraction of sp³-hybridized carbons (Fsp3) is 0.333. The Hall–Kier alpha value is -4.35. The molecule has 4 nitrogen and oxygen atoms in total. The molecule has 4 aromatic carbocycles. The number of carboxylic acids is 1. The Labute approximate surface area is 301 Å². The monoisotopic (exact) mass is 681 g/mol. The number of benzene rings is 4. The van der Waals surface area contributed by atoms with Gasteiger partial charge in [-0.1, -0.05) is 80.6 Å². The van der Waals surface area contributed by atoms with Crippen molar-refractivity contribution in [2.24, 2.45) is 0 Å². The third kappa shape index (κ3) is 5.74. The van der Waals surface area contributed by atoms with Crippen LogP contribution in [0.1, 0.15) is 78.4 Å². The number of hydrogen-bond acceptors (Lipinski definition) is 3. The Morgan fingerprint density at radius 2 is 1.52 bits per heavy atom. The molecule has 0 bridgehead atoms. The maximum Gasteiger partial charge on any atom is 0.304 e. The average Bonchev–Trinajstić information content (AvgIpc) is 3.48. The quantitative estimate of drug-likeness (QED) is 0.179. The van der Waals surface area contributed by atoms with Crippen LogP contribution >= 0.6 is 11.8 Å². The van der Waals surface area contributed by atoms with Gasteiger partial charge in [0.2, 0.25) is 5.69 Å². The SMILES string of the molecule is CCN1C(=CC=C2CCCC(/C=C/C3=[N+](CC)c4ccc5ccccc5c4C3(C)C)=C2SCCC(=O)O)C(C)(C)c2c1ccc1ccccc21. The molecule has 0 spiro atoms. The lowest BCUT2D eigenvalue weighted by atomic mass is 9.78. The second kappa shape index (κ2) is 13.4. The van der Waals surface area contributed by atoms with Crippen LogP contribution in [0.5, 0.6) is 0 Å². The molecule has 256 valence electrons. The number of anilines is 1. The van der Waals surface area contributed by atoms with E-state index in [1.165, 1.54) is 71.5 Å². The van der Waals surface area contributed by atoms with Crippen molar-refractivity contribution < 1.29 is 14.5 Å². The standard InChI is InChI=1S/C45H48N2O2S/c1-7-46-36-24-20-30-14-9-11-18-34(30)41(36)44(3,4)38(46)26-22-32-16-13-17-33(43(32)50-29-28-40(48)49)23-27-39-45(5,6)42-35-19-12-10-15-31(35)21-25-37(42)47(39)8-2/h9-12,14-15,18-27H,7-8,13,16-17,28-29H2,1-6H3/p+1. The molecule has 3 aliphatic rings. The molecule has 0 saturated carbocycles. The van der Waals surface area contributed by atoms with Gasteiger partial charge in [0.25, 0.3) is 0 Å². The summed E-state index contributed by atoms with van der Waals surface area (Å²) in [5.41, 5.74) is 10.3. The molecule has 7 rings (SSSR count). The Bertz CT molecular complexity index is 2180. The van der Waals surface area contributed by atoms with E-state index in [-0.39, 0.29) is 17.3 Å². The maximum absolute atomic E-state index is 11.6. The fourth-order valence-electron chi connectivity index (χ4n) is 8.76. The summed E-state index contributed by atoms with van der Waals surface area (Å²) in [7, 11) is 0. The lowest BCUT2D eigenvalue weighted by molar-refractivity contribution is -0.433. The van der Waals surface area contributed by atoms with Crippen molar-refractivity contribution >= 4 is 56.4 Å². The Kier molecular flexibility index (Phi) is 9.15. The number of carbonyl (C=O) groups is 1. The van der Waals surface area contributed by atoms with Crippen molar-refractivity contribution in [3.8, 4) is 0 Å². The van der Waals surface area contributed by atoms with Crippen molar-refractivity contribution in [2.45, 2.75) is 78.1 Å². The number of allylic oxidation sites excluding steroid dienone is 7. The normalized spacial score (nSPS) is 19.8. The van der Waals surface area contributed by atoms with E-state index in [2.05, 4.69) is 148 Å². The third-order valence-electron chi connectivity index (χ3n) is 11.1. The van der Waals surface area contributed by atoms with Crippen LogP contribution in [-0.4, -0.2) is 40.2 Å². The summed E-state index contributed by atoms with van der Waals surface area (Å²) in [6.07, 6.45) is 12.6. The molecule has 0 aromatic heterocycles. The first-order chi connectivity index (χ1) is 24.1. The molecule has 1 aliphatic carbocycles. The highest BCUT2D eigenvalue weighted by Gasteiger charge is 2.45. The van der Waals surface area contributed by atoms with Crippen LogP contribution in [0.2, 0.25) is 0 Å². The van der Waals surface area contributed by atoms with Gasteiger partial charge in [-0.2, -0.15) is 4.58 Å². The van der Waals surface area contributed by atoms with E-state index in [0.29, 0.717) is 5.75 Å². The zero-order valence-corrected chi connectivity index (χ0v) is 31.2. The topological polar surface area (TPSA) is 43.5 Å². The third-order valence-corrected chi connectivity index (χ3v) is 12.3. The van der Waals surface area contributed by atoms with E-state index in [4.69, 9.17) is 0 Å². The molecule has 2 aliphatic heterocycles. The summed E-state index contributed by atoms with van der Waals surface area (Å²) in [6.45, 7) is 15.7. The molecule has 0 unspecified atom stereocenters. The smallest absolute Gasteiger partial charge is 0.304 e. The largest absolute Gasteiger partial charge is 0.481 e. The lowest BCUT2D eigenvalue weighted by Crippen LogP contribution is -2.27. The molecular formula is C45H49N2O2S+. The predicted molar refractivity (Wildman–Crippen MR) is 213 cm³/mol. The van der Waals surface area contributed by atoms with E-state index < -0.39 is 5.97 Å². The predicted octanol–water partition coefficient (Wildman–Crippen LogP) is 11.2. The second-order valence-electron chi connectivity index (χ2n) is 14.8. The van der Waals surface area contributed by atoms with Crippen LogP contribution in [0.15, 0.2) is 119 Å². The summed E-state index contributed by atoms with van der Waals surface area (Å²) in [6, 6.07) is 26.5. The first-order valence-corrected chi connectivity index (χ1v) is 19.2. The molecule has 0 saturated heterocycles. The molecule has 0 fully saturated rings. The highest BCUT2D eigenvalue weighted by atomic mass is 32.2. The fourth-order valence-corrected chi connectivity index (χ4v) is 9.95. The van der Waals surface area contributed by atoms with E-state index in [9.17, 15) is 9.90 Å². The van der Waals surface area contributed by atoms with Gasteiger partial charge < -0.3 is 10.0 Å². The molecule has 0 amide bonds. The number of hydrogen-bond donors (Lipinski definition) is 1. The Balaban J connectivity index is 1.30. The number of nitrogens with zero attached hydrogens (tertiary/aromatic N) is 2. The highest BCUT2D eigenvalue weighted by Crippen LogP contribution is 2.51. The van der Waals surface area contributed by atoms with Crippen LogP contribution in [0.25, 0.3) is 21.5 Å². The minimum absolute atomic E-state index is 0.148. The van der Waals surface area contributed by atoms with Gasteiger partial charge in [-0.15, -0.1) is 11.8 Å². The minimum atomic E-state index is -0.748. The highest BCUT2D eigenvalue weighted by molar-refractivity contribution is 8.03. The second-order valence-corrected chi connectivity index (χ2v) is 15.9. The van der Waals surface area contributed by atoms with Crippen molar-refractivity contribution in [1.29, 1.82) is 0 Å². The van der Waals surface area contributed by atoms with E-state index in [1.807, 2.05) is 0 Å². The van der Waals surface area contributed by atoms with E-state index in [1.54, 1.807) is 11.8 Å². The van der Waals surface area contributed by atoms with Crippen molar-refractivity contribution in [1.82, 2.24) is 0 Å². The van der Waals surface area contributed by atoms with Gasteiger partial charge in [-0.3, -0.25) is 4.79 Å². The molecule has 5 heteroatoms. The molecule has 0 atom stereocenters. The number of carboxylic acid groups (broad SMARTS) is 1. The van der Waals surface area contributed by atoms with E-state index in [0.717, 1.165) is 32.4 Å². The maximum atomic E-state index is 11.6. The average molecular weight is 682 g/mol. The van der Waals surface area contributed by atoms with Crippen LogP contribution < -0.4 is 4.90 Å². The van der Waals surface area contributed by atoms with Crippen molar-refractivity contribution in [2.75, 3.05) is 23.7 Å². The van der Waals surface area contributed by atoms with Gasteiger partial charge in [-0.25, -0.2) is 0 Å². The van der Waals surface area contributed by atoms with Crippen molar-refractivity contribution in [3.05, 3.63) is 130 Å². The van der Waals surface area contributed by atoms with Gasteiger partial charge in [0.15, 0.2) is 5.71 Å². The number of likely N-dealkylation sites (N-methyl/N-ethyl adjacent to an activating group) is 1. The zero-order valence-electron chi connectivity index (χ0n) is 30.3. The van der Waals surface area contributed by atoms with Gasteiger partial charge in [-0.05, 0) is 103 Å². The van der Waals surface area contributed by atoms with Crippen LogP contribution in [0.3, 0.4) is 0 Å². The number of fused-ring (bicyclic) bond motifs is 6. The first kappa shape index (κ1) is 34.1. The van der Waals surface area contributed by atoms with Gasteiger partial charge >= 0.3 is 5.97 Å². The molecule has 2 heterocycles. The lowest BCUT2D eigenvalue weighted by Gasteiger charge is -2.27. The molecule has 50 heavy (non-hydrogen) atoms. The summed E-state index contributed by atoms with van der Waals surface area (Å²) >= 11 is 1.71.